The summed E-state index contributed by atoms with van der Waals surface area (Å²) in [4.78, 5) is 12.1. The van der Waals surface area contributed by atoms with E-state index in [9.17, 15) is 4.79 Å². The number of methoxy groups -OCH3 is 1. The molecule has 0 aliphatic rings. The first kappa shape index (κ1) is 19.5. The minimum atomic E-state index is -0.306. The highest BCUT2D eigenvalue weighted by Gasteiger charge is 2.08. The van der Waals surface area contributed by atoms with Crippen LogP contribution in [-0.4, -0.2) is 25.3 Å². The SMILES string of the molecule is CCCCC/C(=N\NC(=O)COc1ccccc1OC)c1ccccc1. The number of amides is 1. The lowest BCUT2D eigenvalue weighted by molar-refractivity contribution is -0.123. The van der Waals surface area contributed by atoms with E-state index in [1.54, 1.807) is 19.2 Å². The Kier molecular flexibility index (Phi) is 8.19. The molecule has 0 unspecified atom stereocenters. The quantitative estimate of drug-likeness (QED) is 0.396. The smallest absolute Gasteiger partial charge is 0.277 e. The summed E-state index contributed by atoms with van der Waals surface area (Å²) in [6.07, 6.45) is 4.14. The number of nitrogens with zero attached hydrogens (tertiary/aromatic N) is 1. The fourth-order valence-corrected chi connectivity index (χ4v) is 2.48. The van der Waals surface area contributed by atoms with E-state index in [1.165, 1.54) is 0 Å². The highest BCUT2D eigenvalue weighted by molar-refractivity contribution is 6.01. The molecule has 0 saturated carbocycles. The lowest BCUT2D eigenvalue weighted by atomic mass is 10.0. The molecule has 0 atom stereocenters. The van der Waals surface area contributed by atoms with Crippen LogP contribution in [0.5, 0.6) is 11.5 Å². The topological polar surface area (TPSA) is 59.9 Å². The number of hydrazone groups is 1. The molecule has 5 heteroatoms. The van der Waals surface area contributed by atoms with Gasteiger partial charge < -0.3 is 9.47 Å². The summed E-state index contributed by atoms with van der Waals surface area (Å²) in [6, 6.07) is 17.1. The number of para-hydroxylation sites is 2. The summed E-state index contributed by atoms with van der Waals surface area (Å²) in [5.41, 5.74) is 4.50. The van der Waals surface area contributed by atoms with Gasteiger partial charge in [0.15, 0.2) is 18.1 Å². The lowest BCUT2D eigenvalue weighted by Gasteiger charge is -2.10. The Hall–Kier alpha value is -2.82. The molecule has 26 heavy (non-hydrogen) atoms. The van der Waals surface area contributed by atoms with Gasteiger partial charge in [0.2, 0.25) is 0 Å². The molecule has 5 nitrogen and oxygen atoms in total. The molecule has 0 fully saturated rings. The molecule has 0 bridgehead atoms. The van der Waals surface area contributed by atoms with Crippen LogP contribution in [0, 0.1) is 0 Å². The lowest BCUT2D eigenvalue weighted by Crippen LogP contribution is -2.26. The van der Waals surface area contributed by atoms with Crippen LogP contribution in [0.2, 0.25) is 0 Å². The molecule has 2 aromatic rings. The van der Waals surface area contributed by atoms with Crippen molar-refractivity contribution in [1.29, 1.82) is 0 Å². The van der Waals surface area contributed by atoms with E-state index in [-0.39, 0.29) is 12.5 Å². The second-order valence-electron chi connectivity index (χ2n) is 5.86. The van der Waals surface area contributed by atoms with Gasteiger partial charge in [0.1, 0.15) is 0 Å². The summed E-state index contributed by atoms with van der Waals surface area (Å²) in [7, 11) is 1.56. The van der Waals surface area contributed by atoms with Crippen molar-refractivity contribution in [2.45, 2.75) is 32.6 Å². The van der Waals surface area contributed by atoms with E-state index >= 15 is 0 Å². The van der Waals surface area contributed by atoms with Crippen LogP contribution >= 0.6 is 0 Å². The van der Waals surface area contributed by atoms with Gasteiger partial charge in [-0.25, -0.2) is 5.43 Å². The van der Waals surface area contributed by atoms with Crippen molar-refractivity contribution in [3.63, 3.8) is 0 Å². The van der Waals surface area contributed by atoms with Crippen molar-refractivity contribution in [3.05, 3.63) is 60.2 Å². The first-order valence-corrected chi connectivity index (χ1v) is 8.91. The Morgan fingerprint density at radius 1 is 1.00 bits per heavy atom. The normalized spacial score (nSPS) is 11.1. The first-order chi connectivity index (χ1) is 12.7. The van der Waals surface area contributed by atoms with Crippen molar-refractivity contribution in [2.75, 3.05) is 13.7 Å². The zero-order valence-corrected chi connectivity index (χ0v) is 15.4. The van der Waals surface area contributed by atoms with Crippen molar-refractivity contribution in [1.82, 2.24) is 5.43 Å². The van der Waals surface area contributed by atoms with E-state index in [4.69, 9.17) is 9.47 Å². The predicted molar refractivity (Wildman–Crippen MR) is 104 cm³/mol. The van der Waals surface area contributed by atoms with Crippen molar-refractivity contribution in [2.24, 2.45) is 5.10 Å². The Bertz CT molecular complexity index is 714. The molecule has 0 radical (unpaired) electrons. The van der Waals surface area contributed by atoms with Crippen LogP contribution < -0.4 is 14.9 Å². The third-order valence-electron chi connectivity index (χ3n) is 3.87. The molecule has 2 rings (SSSR count). The third-order valence-corrected chi connectivity index (χ3v) is 3.87. The fraction of sp³-hybridized carbons (Fsp3) is 0.333. The second kappa shape index (κ2) is 10.9. The maximum atomic E-state index is 12.1. The summed E-state index contributed by atoms with van der Waals surface area (Å²) in [5, 5.41) is 4.33. The molecule has 138 valence electrons. The van der Waals surface area contributed by atoms with Crippen LogP contribution in [0.15, 0.2) is 59.7 Å². The number of carbonyl (C=O) groups is 1. The van der Waals surface area contributed by atoms with Gasteiger partial charge in [-0.2, -0.15) is 5.10 Å². The molecule has 0 aromatic heterocycles. The Labute approximate surface area is 155 Å². The van der Waals surface area contributed by atoms with Crippen molar-refractivity contribution >= 4 is 11.6 Å². The molecule has 2 aromatic carbocycles. The van der Waals surface area contributed by atoms with Gasteiger partial charge in [0.25, 0.3) is 5.91 Å². The van der Waals surface area contributed by atoms with Crippen molar-refractivity contribution < 1.29 is 14.3 Å². The molecule has 1 N–H and O–H groups in total. The van der Waals surface area contributed by atoms with Gasteiger partial charge in [-0.1, -0.05) is 62.2 Å². The molecule has 1 amide bonds. The molecular weight excluding hydrogens is 328 g/mol. The zero-order chi connectivity index (χ0) is 18.6. The summed E-state index contributed by atoms with van der Waals surface area (Å²) in [6.45, 7) is 2.04. The summed E-state index contributed by atoms with van der Waals surface area (Å²) >= 11 is 0. The molecule has 0 spiro atoms. The monoisotopic (exact) mass is 354 g/mol. The molecule has 0 aliphatic carbocycles. The molecule has 0 saturated heterocycles. The van der Waals surface area contributed by atoms with E-state index < -0.39 is 0 Å². The van der Waals surface area contributed by atoms with Crippen LogP contribution in [-0.2, 0) is 4.79 Å². The van der Waals surface area contributed by atoms with E-state index in [0.29, 0.717) is 11.5 Å². The van der Waals surface area contributed by atoms with Gasteiger partial charge in [-0.15, -0.1) is 0 Å². The van der Waals surface area contributed by atoms with Crippen molar-refractivity contribution in [3.8, 4) is 11.5 Å². The van der Waals surface area contributed by atoms with Crippen LogP contribution in [0.3, 0.4) is 0 Å². The Morgan fingerprint density at radius 2 is 1.69 bits per heavy atom. The Balaban J connectivity index is 1.95. The zero-order valence-electron chi connectivity index (χ0n) is 15.4. The van der Waals surface area contributed by atoms with Gasteiger partial charge in [0.05, 0.1) is 12.8 Å². The number of carbonyl (C=O) groups excluding carboxylic acids is 1. The largest absolute Gasteiger partial charge is 0.493 e. The fourth-order valence-electron chi connectivity index (χ4n) is 2.48. The van der Waals surface area contributed by atoms with Crippen LogP contribution in [0.25, 0.3) is 0 Å². The van der Waals surface area contributed by atoms with Crippen LogP contribution in [0.4, 0.5) is 0 Å². The number of unbranched alkanes of at least 4 members (excludes halogenated alkanes) is 2. The molecular formula is C21H26N2O3. The maximum absolute atomic E-state index is 12.1. The highest BCUT2D eigenvalue weighted by Crippen LogP contribution is 2.25. The number of rotatable bonds is 10. The standard InChI is InChI=1S/C21H26N2O3/c1-3-4-6-13-18(17-11-7-5-8-12-17)22-23-21(24)16-26-20-15-10-9-14-19(20)25-2/h5,7-12,14-15H,3-4,6,13,16H2,1-2H3,(H,23,24)/b22-18+. The number of nitrogens with one attached hydrogen (secondary N) is 1. The van der Waals surface area contributed by atoms with Crippen LogP contribution in [0.1, 0.15) is 38.2 Å². The highest BCUT2D eigenvalue weighted by atomic mass is 16.5. The third kappa shape index (κ3) is 6.24. The summed E-state index contributed by atoms with van der Waals surface area (Å²) in [5.74, 6) is 0.813. The number of ether oxygens (including phenoxy) is 2. The minimum absolute atomic E-state index is 0.124. The van der Waals surface area contributed by atoms with Gasteiger partial charge in [-0.3, -0.25) is 4.79 Å². The van der Waals surface area contributed by atoms with Gasteiger partial charge in [-0.05, 0) is 30.5 Å². The Morgan fingerprint density at radius 3 is 2.38 bits per heavy atom. The molecule has 0 heterocycles. The maximum Gasteiger partial charge on any atom is 0.277 e. The van der Waals surface area contributed by atoms with E-state index in [0.717, 1.165) is 37.0 Å². The predicted octanol–water partition coefficient (Wildman–Crippen LogP) is 4.17. The second-order valence-corrected chi connectivity index (χ2v) is 5.86. The number of hydrogen-bond donors (Lipinski definition) is 1. The molecule has 0 aliphatic heterocycles. The van der Waals surface area contributed by atoms with Gasteiger partial charge >= 0.3 is 0 Å². The first-order valence-electron chi connectivity index (χ1n) is 8.91. The minimum Gasteiger partial charge on any atom is -0.493 e. The van der Waals surface area contributed by atoms with E-state index in [2.05, 4.69) is 17.5 Å². The summed E-state index contributed by atoms with van der Waals surface area (Å²) < 4.78 is 10.7. The van der Waals surface area contributed by atoms with E-state index in [1.807, 2.05) is 42.5 Å². The average molecular weight is 354 g/mol. The average Bonchev–Trinajstić information content (AvgIpc) is 2.69. The number of hydrogen-bond acceptors (Lipinski definition) is 4. The number of benzene rings is 2. The van der Waals surface area contributed by atoms with Gasteiger partial charge in [0, 0.05) is 0 Å².